The summed E-state index contributed by atoms with van der Waals surface area (Å²) in [5.74, 6) is -0.298. The Morgan fingerprint density at radius 3 is 2.62 bits per heavy atom. The average molecular weight is 217 g/mol. The molecule has 0 bridgehead atoms. The molecule has 5 nitrogen and oxygen atoms in total. The van der Waals surface area contributed by atoms with Gasteiger partial charge in [0, 0.05) is 23.8 Å². The number of hydrogen-bond acceptors (Lipinski definition) is 3. The first-order chi connectivity index (χ1) is 7.61. The first-order valence-electron chi connectivity index (χ1n) is 4.80. The number of carboxylic acid groups (broad SMARTS) is 1. The van der Waals surface area contributed by atoms with Gasteiger partial charge >= 0.3 is 5.97 Å². The fourth-order valence-electron chi connectivity index (χ4n) is 1.74. The van der Waals surface area contributed by atoms with Crippen LogP contribution in [-0.2, 0) is 0 Å². The highest BCUT2D eigenvalue weighted by Gasteiger charge is 2.15. The zero-order valence-corrected chi connectivity index (χ0v) is 9.01. The molecule has 0 aliphatic carbocycles. The summed E-state index contributed by atoms with van der Waals surface area (Å²) in [6.45, 7) is 3.60. The minimum atomic E-state index is -0.928. The second kappa shape index (κ2) is 3.77. The van der Waals surface area contributed by atoms with E-state index in [1.165, 1.54) is 0 Å². The highest BCUT2D eigenvalue weighted by molar-refractivity contribution is 5.89. The van der Waals surface area contributed by atoms with Crippen molar-refractivity contribution in [2.75, 3.05) is 0 Å². The lowest BCUT2D eigenvalue weighted by atomic mass is 10.2. The highest BCUT2D eigenvalue weighted by atomic mass is 16.4. The van der Waals surface area contributed by atoms with Crippen molar-refractivity contribution in [3.63, 3.8) is 0 Å². The number of aromatic nitrogens is 3. The molecule has 0 saturated carbocycles. The third-order valence-corrected chi connectivity index (χ3v) is 2.44. The van der Waals surface area contributed by atoms with Crippen molar-refractivity contribution in [1.82, 2.24) is 14.5 Å². The predicted molar refractivity (Wildman–Crippen MR) is 57.8 cm³/mol. The van der Waals surface area contributed by atoms with Crippen molar-refractivity contribution in [3.05, 3.63) is 41.6 Å². The van der Waals surface area contributed by atoms with Crippen LogP contribution in [0.2, 0.25) is 0 Å². The van der Waals surface area contributed by atoms with E-state index in [-0.39, 0.29) is 0 Å². The van der Waals surface area contributed by atoms with Crippen LogP contribution in [0.5, 0.6) is 0 Å². The lowest BCUT2D eigenvalue weighted by Gasteiger charge is -2.06. The minimum absolute atomic E-state index is 0.295. The molecular formula is C11H11N3O2. The van der Waals surface area contributed by atoms with Gasteiger partial charge < -0.3 is 9.67 Å². The monoisotopic (exact) mass is 217 g/mol. The summed E-state index contributed by atoms with van der Waals surface area (Å²) in [6.07, 6.45) is 4.76. The van der Waals surface area contributed by atoms with E-state index in [0.717, 1.165) is 5.69 Å². The smallest absolute Gasteiger partial charge is 0.337 e. The van der Waals surface area contributed by atoms with E-state index in [9.17, 15) is 4.79 Å². The summed E-state index contributed by atoms with van der Waals surface area (Å²) in [6, 6.07) is 1.63. The maximum Gasteiger partial charge on any atom is 0.337 e. The van der Waals surface area contributed by atoms with E-state index < -0.39 is 5.97 Å². The molecule has 16 heavy (non-hydrogen) atoms. The highest BCUT2D eigenvalue weighted by Crippen LogP contribution is 2.18. The molecule has 1 N–H and O–H groups in total. The van der Waals surface area contributed by atoms with Gasteiger partial charge in [0.25, 0.3) is 0 Å². The summed E-state index contributed by atoms with van der Waals surface area (Å²) >= 11 is 0. The molecule has 0 saturated heterocycles. The molecule has 2 rings (SSSR count). The molecule has 0 aromatic carbocycles. The topological polar surface area (TPSA) is 68.0 Å². The van der Waals surface area contributed by atoms with Gasteiger partial charge in [-0.2, -0.15) is 0 Å². The maximum atomic E-state index is 11.0. The van der Waals surface area contributed by atoms with Crippen LogP contribution in [0.15, 0.2) is 24.7 Å². The number of aryl methyl sites for hydroxylation is 1. The van der Waals surface area contributed by atoms with Gasteiger partial charge in [-0.3, -0.25) is 4.98 Å². The van der Waals surface area contributed by atoms with Crippen LogP contribution in [0.3, 0.4) is 0 Å². The van der Waals surface area contributed by atoms with Crippen molar-refractivity contribution < 1.29 is 9.90 Å². The SMILES string of the molecule is Cc1cc(C(=O)O)c(C)n1-c1cnccn1. The Bertz CT molecular complexity index is 532. The molecule has 0 unspecified atom stereocenters. The number of aromatic carboxylic acids is 1. The van der Waals surface area contributed by atoms with E-state index in [0.29, 0.717) is 17.1 Å². The number of carbonyl (C=O) groups is 1. The first kappa shape index (κ1) is 10.4. The van der Waals surface area contributed by atoms with Gasteiger partial charge in [-0.1, -0.05) is 0 Å². The molecule has 2 aromatic rings. The van der Waals surface area contributed by atoms with E-state index in [1.807, 2.05) is 6.92 Å². The van der Waals surface area contributed by atoms with Gasteiger partial charge in [0.2, 0.25) is 0 Å². The molecule has 2 heterocycles. The number of hydrogen-bond donors (Lipinski definition) is 1. The molecule has 82 valence electrons. The zero-order chi connectivity index (χ0) is 11.7. The van der Waals surface area contributed by atoms with Crippen molar-refractivity contribution in [1.29, 1.82) is 0 Å². The van der Waals surface area contributed by atoms with Gasteiger partial charge in [-0.15, -0.1) is 0 Å². The number of nitrogens with zero attached hydrogens (tertiary/aromatic N) is 3. The predicted octanol–water partition coefficient (Wildman–Crippen LogP) is 1.58. The van der Waals surface area contributed by atoms with Crippen molar-refractivity contribution in [2.45, 2.75) is 13.8 Å². The van der Waals surface area contributed by atoms with Gasteiger partial charge in [-0.05, 0) is 19.9 Å². The van der Waals surface area contributed by atoms with Gasteiger partial charge in [-0.25, -0.2) is 9.78 Å². The van der Waals surface area contributed by atoms with Crippen LogP contribution in [0.1, 0.15) is 21.7 Å². The van der Waals surface area contributed by atoms with Gasteiger partial charge in [0.15, 0.2) is 5.82 Å². The van der Waals surface area contributed by atoms with E-state index in [1.54, 1.807) is 36.1 Å². The molecule has 0 atom stereocenters. The lowest BCUT2D eigenvalue weighted by molar-refractivity contribution is 0.0696. The summed E-state index contributed by atoms with van der Waals surface area (Å²) in [4.78, 5) is 19.1. The second-order valence-electron chi connectivity index (χ2n) is 3.49. The first-order valence-corrected chi connectivity index (χ1v) is 4.80. The molecule has 5 heteroatoms. The second-order valence-corrected chi connectivity index (χ2v) is 3.49. The van der Waals surface area contributed by atoms with E-state index in [4.69, 9.17) is 5.11 Å². The van der Waals surface area contributed by atoms with Crippen LogP contribution in [-0.4, -0.2) is 25.6 Å². The normalized spacial score (nSPS) is 10.4. The molecule has 0 aliphatic rings. The van der Waals surface area contributed by atoms with Crippen LogP contribution in [0.25, 0.3) is 5.82 Å². The molecule has 0 fully saturated rings. The minimum Gasteiger partial charge on any atom is -0.478 e. The van der Waals surface area contributed by atoms with Crippen molar-refractivity contribution in [3.8, 4) is 5.82 Å². The van der Waals surface area contributed by atoms with Crippen LogP contribution in [0, 0.1) is 13.8 Å². The number of rotatable bonds is 2. The Morgan fingerprint density at radius 1 is 1.38 bits per heavy atom. The Morgan fingerprint density at radius 2 is 2.12 bits per heavy atom. The summed E-state index contributed by atoms with van der Waals surface area (Å²) in [5.41, 5.74) is 1.78. The molecule has 2 aromatic heterocycles. The molecular weight excluding hydrogens is 206 g/mol. The maximum absolute atomic E-state index is 11.0. The van der Waals surface area contributed by atoms with Crippen LogP contribution < -0.4 is 0 Å². The molecule has 0 spiro atoms. The quantitative estimate of drug-likeness (QED) is 0.829. The fourth-order valence-corrected chi connectivity index (χ4v) is 1.74. The largest absolute Gasteiger partial charge is 0.478 e. The average Bonchev–Trinajstić information content (AvgIpc) is 2.56. The molecule has 0 amide bonds. The summed E-state index contributed by atoms with van der Waals surface area (Å²) < 4.78 is 1.77. The zero-order valence-electron chi connectivity index (χ0n) is 9.01. The van der Waals surface area contributed by atoms with Crippen molar-refractivity contribution >= 4 is 5.97 Å². The molecule has 0 aliphatic heterocycles. The standard InChI is InChI=1S/C11H11N3O2/c1-7-5-9(11(15)16)8(2)14(7)10-6-12-3-4-13-10/h3-6H,1-2H3,(H,15,16). The van der Waals surface area contributed by atoms with E-state index in [2.05, 4.69) is 9.97 Å². The van der Waals surface area contributed by atoms with Crippen LogP contribution in [0.4, 0.5) is 0 Å². The fraction of sp³-hybridized carbons (Fsp3) is 0.182. The summed E-state index contributed by atoms with van der Waals surface area (Å²) in [5, 5.41) is 9.00. The Kier molecular flexibility index (Phi) is 2.44. The van der Waals surface area contributed by atoms with Gasteiger partial charge in [0.05, 0.1) is 11.8 Å². The lowest BCUT2D eigenvalue weighted by Crippen LogP contribution is -2.04. The summed E-state index contributed by atoms with van der Waals surface area (Å²) in [7, 11) is 0. The third-order valence-electron chi connectivity index (χ3n) is 2.44. The molecule has 0 radical (unpaired) electrons. The van der Waals surface area contributed by atoms with Crippen molar-refractivity contribution in [2.24, 2.45) is 0 Å². The third kappa shape index (κ3) is 1.56. The Balaban J connectivity index is 2.63. The Hall–Kier alpha value is -2.17. The number of carboxylic acids is 1. The van der Waals surface area contributed by atoms with Crippen LogP contribution >= 0.6 is 0 Å². The Labute approximate surface area is 92.4 Å². The van der Waals surface area contributed by atoms with Gasteiger partial charge in [0.1, 0.15) is 0 Å². The van der Waals surface area contributed by atoms with E-state index >= 15 is 0 Å².